The van der Waals surface area contributed by atoms with Gasteiger partial charge < -0.3 is 15.0 Å². The fourth-order valence-corrected chi connectivity index (χ4v) is 4.85. The Kier molecular flexibility index (Phi) is 10.2. The summed E-state index contributed by atoms with van der Waals surface area (Å²) in [5.41, 5.74) is 2.45. The zero-order valence-electron chi connectivity index (χ0n) is 23.6. The Morgan fingerprint density at radius 2 is 1.59 bits per heavy atom. The van der Waals surface area contributed by atoms with Crippen LogP contribution in [0, 0.1) is 0 Å². The SMILES string of the molecule is CC(C)(C)NC(=O)[C@@H](Cc1ccccc1)N(Cc1cccc(Cl)c1)C(=O)COc1ccc(C(C)(C)C)cc1Br. The molecule has 2 amide bonds. The molecule has 1 atom stereocenters. The van der Waals surface area contributed by atoms with Crippen LogP contribution in [-0.4, -0.2) is 34.9 Å². The number of hydrogen-bond acceptors (Lipinski definition) is 3. The molecule has 0 unspecified atom stereocenters. The van der Waals surface area contributed by atoms with E-state index >= 15 is 0 Å². The van der Waals surface area contributed by atoms with Crippen molar-refractivity contribution in [3.8, 4) is 5.75 Å². The fourth-order valence-electron chi connectivity index (χ4n) is 4.15. The van der Waals surface area contributed by atoms with Crippen molar-refractivity contribution in [2.75, 3.05) is 6.61 Å². The second-order valence-electron chi connectivity index (χ2n) is 11.8. The summed E-state index contributed by atoms with van der Waals surface area (Å²) >= 11 is 9.85. The molecule has 0 aromatic heterocycles. The molecule has 208 valence electrons. The lowest BCUT2D eigenvalue weighted by atomic mass is 9.87. The van der Waals surface area contributed by atoms with E-state index in [-0.39, 0.29) is 30.4 Å². The second kappa shape index (κ2) is 13.0. The maximum absolute atomic E-state index is 13.8. The van der Waals surface area contributed by atoms with Crippen LogP contribution in [0.15, 0.2) is 77.3 Å². The van der Waals surface area contributed by atoms with Crippen molar-refractivity contribution >= 4 is 39.3 Å². The van der Waals surface area contributed by atoms with Crippen LogP contribution in [0.1, 0.15) is 58.2 Å². The molecule has 0 aliphatic heterocycles. The largest absolute Gasteiger partial charge is 0.483 e. The molecule has 39 heavy (non-hydrogen) atoms. The number of rotatable bonds is 9. The minimum absolute atomic E-state index is 0.0182. The fraction of sp³-hybridized carbons (Fsp3) is 0.375. The maximum Gasteiger partial charge on any atom is 0.261 e. The van der Waals surface area contributed by atoms with E-state index in [0.29, 0.717) is 17.2 Å². The van der Waals surface area contributed by atoms with E-state index in [1.807, 2.05) is 87.5 Å². The Bertz CT molecular complexity index is 1280. The van der Waals surface area contributed by atoms with Crippen LogP contribution in [-0.2, 0) is 28.0 Å². The van der Waals surface area contributed by atoms with Gasteiger partial charge in [-0.3, -0.25) is 9.59 Å². The minimum atomic E-state index is -0.756. The van der Waals surface area contributed by atoms with E-state index in [1.165, 1.54) is 0 Å². The third kappa shape index (κ3) is 9.40. The Morgan fingerprint density at radius 1 is 0.923 bits per heavy atom. The third-order valence-corrected chi connectivity index (χ3v) is 7.02. The van der Waals surface area contributed by atoms with Crippen LogP contribution in [0.2, 0.25) is 5.02 Å². The summed E-state index contributed by atoms with van der Waals surface area (Å²) in [6, 6.07) is 22.2. The lowest BCUT2D eigenvalue weighted by molar-refractivity contribution is -0.143. The van der Waals surface area contributed by atoms with Crippen LogP contribution < -0.4 is 10.1 Å². The number of nitrogens with zero attached hydrogens (tertiary/aromatic N) is 1. The van der Waals surface area contributed by atoms with Gasteiger partial charge in [-0.15, -0.1) is 0 Å². The minimum Gasteiger partial charge on any atom is -0.483 e. The standard InChI is InChI=1S/C32H38BrClN2O3/c1-31(2,3)24-15-16-28(26(33)19-24)39-21-29(37)36(20-23-13-10-14-25(34)17-23)27(30(38)35-32(4,5)6)18-22-11-8-7-9-12-22/h7-17,19,27H,18,20-21H2,1-6H3,(H,35,38)/t27-/m1/s1. The Morgan fingerprint density at radius 3 is 2.18 bits per heavy atom. The molecule has 0 radical (unpaired) electrons. The number of hydrogen-bond donors (Lipinski definition) is 1. The predicted molar refractivity (Wildman–Crippen MR) is 162 cm³/mol. The Labute approximate surface area is 246 Å². The van der Waals surface area contributed by atoms with Crippen molar-refractivity contribution in [2.24, 2.45) is 0 Å². The molecule has 3 rings (SSSR count). The molecule has 0 spiro atoms. The molecule has 0 aliphatic carbocycles. The summed E-state index contributed by atoms with van der Waals surface area (Å²) in [7, 11) is 0. The highest BCUT2D eigenvalue weighted by molar-refractivity contribution is 9.10. The summed E-state index contributed by atoms with van der Waals surface area (Å²) in [6.45, 7) is 12.2. The average molecular weight is 614 g/mol. The topological polar surface area (TPSA) is 58.6 Å². The summed E-state index contributed by atoms with van der Waals surface area (Å²) in [6.07, 6.45) is 0.360. The van der Waals surface area contributed by atoms with Gasteiger partial charge in [0, 0.05) is 23.5 Å². The highest BCUT2D eigenvalue weighted by Gasteiger charge is 2.32. The third-order valence-electron chi connectivity index (χ3n) is 6.16. The normalized spacial score (nSPS) is 12.5. The number of carbonyl (C=O) groups is 2. The van der Waals surface area contributed by atoms with Crippen LogP contribution in [0.25, 0.3) is 0 Å². The summed E-state index contributed by atoms with van der Waals surface area (Å²) in [5.74, 6) is 0.0435. The van der Waals surface area contributed by atoms with Crippen LogP contribution >= 0.6 is 27.5 Å². The molecule has 0 saturated heterocycles. The van der Waals surface area contributed by atoms with Gasteiger partial charge in [-0.25, -0.2) is 0 Å². The van der Waals surface area contributed by atoms with Crippen molar-refractivity contribution in [1.29, 1.82) is 0 Å². The van der Waals surface area contributed by atoms with E-state index in [0.717, 1.165) is 21.2 Å². The zero-order valence-corrected chi connectivity index (χ0v) is 25.9. The quantitative estimate of drug-likeness (QED) is 0.275. The van der Waals surface area contributed by atoms with Gasteiger partial charge in [0.1, 0.15) is 11.8 Å². The monoisotopic (exact) mass is 612 g/mol. The summed E-state index contributed by atoms with van der Waals surface area (Å²) in [4.78, 5) is 29.1. The van der Waals surface area contributed by atoms with Gasteiger partial charge in [0.2, 0.25) is 5.91 Å². The van der Waals surface area contributed by atoms with Crippen LogP contribution in [0.4, 0.5) is 0 Å². The van der Waals surface area contributed by atoms with Crippen molar-refractivity contribution in [3.63, 3.8) is 0 Å². The first kappa shape index (κ1) is 30.7. The molecule has 0 fully saturated rings. The smallest absolute Gasteiger partial charge is 0.261 e. The number of carbonyl (C=O) groups excluding carboxylic acids is 2. The van der Waals surface area contributed by atoms with Crippen molar-refractivity contribution in [3.05, 3.63) is 99.0 Å². The van der Waals surface area contributed by atoms with E-state index in [2.05, 4.69) is 42.0 Å². The number of amides is 2. The number of ether oxygens (including phenoxy) is 1. The maximum atomic E-state index is 13.8. The number of nitrogens with one attached hydrogen (secondary N) is 1. The van der Waals surface area contributed by atoms with Gasteiger partial charge in [-0.1, -0.05) is 80.9 Å². The van der Waals surface area contributed by atoms with Gasteiger partial charge in [-0.05, 0) is 83.1 Å². The Hall–Kier alpha value is -2.83. The number of benzene rings is 3. The van der Waals surface area contributed by atoms with Gasteiger partial charge in [0.05, 0.1) is 4.47 Å². The van der Waals surface area contributed by atoms with E-state index < -0.39 is 11.6 Å². The molecule has 0 bridgehead atoms. The van der Waals surface area contributed by atoms with E-state index in [4.69, 9.17) is 16.3 Å². The van der Waals surface area contributed by atoms with Gasteiger partial charge in [0.25, 0.3) is 5.91 Å². The first-order chi connectivity index (χ1) is 18.2. The van der Waals surface area contributed by atoms with Crippen molar-refractivity contribution < 1.29 is 14.3 Å². The van der Waals surface area contributed by atoms with Crippen molar-refractivity contribution in [2.45, 2.75) is 71.5 Å². The van der Waals surface area contributed by atoms with Crippen molar-refractivity contribution in [1.82, 2.24) is 10.2 Å². The van der Waals surface area contributed by atoms with Gasteiger partial charge in [0.15, 0.2) is 6.61 Å². The summed E-state index contributed by atoms with van der Waals surface area (Å²) < 4.78 is 6.77. The molecule has 0 saturated carbocycles. The molecule has 7 heteroatoms. The van der Waals surface area contributed by atoms with Gasteiger partial charge in [-0.2, -0.15) is 0 Å². The Balaban J connectivity index is 1.93. The molecular weight excluding hydrogens is 576 g/mol. The van der Waals surface area contributed by atoms with Crippen LogP contribution in [0.3, 0.4) is 0 Å². The average Bonchev–Trinajstić information content (AvgIpc) is 2.84. The molecule has 5 nitrogen and oxygen atoms in total. The lowest BCUT2D eigenvalue weighted by Crippen LogP contribution is -2.55. The highest BCUT2D eigenvalue weighted by atomic mass is 79.9. The lowest BCUT2D eigenvalue weighted by Gasteiger charge is -2.34. The number of halogens is 2. The molecule has 0 heterocycles. The molecular formula is C32H38BrClN2O3. The first-order valence-electron chi connectivity index (χ1n) is 13.1. The molecule has 1 N–H and O–H groups in total. The van der Waals surface area contributed by atoms with E-state index in [9.17, 15) is 9.59 Å². The second-order valence-corrected chi connectivity index (χ2v) is 13.1. The highest BCUT2D eigenvalue weighted by Crippen LogP contribution is 2.31. The predicted octanol–water partition coefficient (Wildman–Crippen LogP) is 7.33. The van der Waals surface area contributed by atoms with E-state index in [1.54, 1.807) is 11.0 Å². The first-order valence-corrected chi connectivity index (χ1v) is 14.2. The van der Waals surface area contributed by atoms with Gasteiger partial charge >= 0.3 is 0 Å². The molecule has 3 aromatic carbocycles. The molecule has 0 aliphatic rings. The van der Waals surface area contributed by atoms with Crippen LogP contribution in [0.5, 0.6) is 5.75 Å². The summed E-state index contributed by atoms with van der Waals surface area (Å²) in [5, 5.41) is 3.64. The zero-order chi connectivity index (χ0) is 28.8. The molecule has 3 aromatic rings.